The number of amides is 10. The predicted molar refractivity (Wildman–Crippen MR) is 362 cm³/mol. The summed E-state index contributed by atoms with van der Waals surface area (Å²) in [7, 11) is 0. The number of carboxylic acids is 1. The lowest BCUT2D eigenvalue weighted by atomic mass is 10.0. The number of nitrogens with one attached hydrogen (secondary N) is 8. The Kier molecular flexibility index (Phi) is 33.5. The van der Waals surface area contributed by atoms with Crippen LogP contribution in [0.3, 0.4) is 0 Å². The van der Waals surface area contributed by atoms with Crippen LogP contribution in [0.15, 0.2) is 75.3 Å². The van der Waals surface area contributed by atoms with Crippen LogP contribution in [-0.4, -0.2) is 221 Å². The molecule has 534 valence electrons. The van der Waals surface area contributed by atoms with E-state index in [9.17, 15) is 68.1 Å². The summed E-state index contributed by atoms with van der Waals surface area (Å²) in [5.74, 6) is -9.80. The molecule has 2 aromatic heterocycles. The molecule has 3 aromatic rings. The summed E-state index contributed by atoms with van der Waals surface area (Å²) in [6, 6.07) is 2.10. The molecule has 2 fully saturated rings. The highest BCUT2D eigenvalue weighted by atomic mass is 32.1. The molecular formula is C62H95N19O14S2. The molecule has 35 heteroatoms. The number of aliphatic hydroxyl groups is 2. The molecule has 0 aliphatic carbocycles. The van der Waals surface area contributed by atoms with Crippen LogP contribution in [0.2, 0.25) is 0 Å². The molecule has 0 bridgehead atoms. The molecule has 1 unspecified atom stereocenters. The average Bonchev–Trinajstić information content (AvgIpc) is 1.78. The van der Waals surface area contributed by atoms with Gasteiger partial charge in [-0.2, -0.15) is 0 Å². The Morgan fingerprint density at radius 2 is 1.05 bits per heavy atom. The van der Waals surface area contributed by atoms with Crippen molar-refractivity contribution in [2.75, 3.05) is 52.4 Å². The number of likely N-dealkylation sites (tertiary alicyclic amines) is 2. The maximum atomic E-state index is 14.7. The van der Waals surface area contributed by atoms with Gasteiger partial charge in [-0.25, -0.2) is 4.79 Å². The van der Waals surface area contributed by atoms with Crippen molar-refractivity contribution in [1.29, 1.82) is 0 Å². The zero-order valence-corrected chi connectivity index (χ0v) is 55.8. The minimum atomic E-state index is -1.73. The zero-order valence-electron chi connectivity index (χ0n) is 54.2. The van der Waals surface area contributed by atoms with Crippen LogP contribution in [0.5, 0.6) is 0 Å². The monoisotopic (exact) mass is 1390 g/mol. The van der Waals surface area contributed by atoms with Crippen LogP contribution in [0.4, 0.5) is 0 Å². The lowest BCUT2D eigenvalue weighted by Crippen LogP contribution is -2.60. The van der Waals surface area contributed by atoms with Crippen LogP contribution in [0.1, 0.15) is 98.8 Å². The van der Waals surface area contributed by atoms with Crippen molar-refractivity contribution >= 4 is 99.6 Å². The first-order valence-corrected chi connectivity index (χ1v) is 34.1. The molecule has 0 radical (unpaired) electrons. The largest absolute Gasteiger partial charge is 0.480 e. The lowest BCUT2D eigenvalue weighted by molar-refractivity contribution is -0.148. The Bertz CT molecular complexity index is 3120. The number of carbonyl (C=O) groups is 11. The van der Waals surface area contributed by atoms with Gasteiger partial charge in [-0.3, -0.25) is 57.9 Å². The van der Waals surface area contributed by atoms with Gasteiger partial charge in [0.2, 0.25) is 59.1 Å². The highest BCUT2D eigenvalue weighted by molar-refractivity contribution is 7.10. The number of nitrogens with two attached hydrogens (primary N) is 7. The second-order valence-electron chi connectivity index (χ2n) is 23.6. The topological polar surface area (TPSA) is 558 Å². The maximum absolute atomic E-state index is 14.7. The molecule has 10 amide bonds. The molecule has 2 saturated heterocycles. The number of hydrogen-bond acceptors (Lipinski definition) is 20. The van der Waals surface area contributed by atoms with Gasteiger partial charge in [0.05, 0.1) is 25.3 Å². The predicted octanol–water partition coefficient (Wildman–Crippen LogP) is -4.93. The standard InChI is InChI=1S/C62H95N19O14S2/c63-22-6-4-17-40(65)51(85)74-41(18-5-7-23-64)52(86)75-42(19-8-24-70-61(66)67)58(92)81-34-37(83)30-49(81)59(93)80-26-10-21-48(80)57(91)72-33-50(84)73-45(31-38-15-11-27-96-38)54(88)79-47(35-82)56(90)77-44(29-36-13-2-1-3-14-36)53(87)78-46(32-39-16-12-28-97-39)55(89)76-43(60(94)95)20-9-25-71-62(68)69/h1-3,11-16,27-28,37,40-49,82-83H,4-10,17-26,29-35,63-65H2,(H,72,91)(H,73,84)(H,74,85)(H,75,86)(H,76,89)(H,77,90)(H,78,87)(H,79,88)(H,94,95)(H4,66,67,70)(H4,68,69,71)/t37?,40-,41-,42-,43-,44+,45-,46-,47-,48-,49-/m0/s1. The number of aliphatic imine (C=N–C) groups is 2. The number of nitrogens with zero attached hydrogens (tertiary/aromatic N) is 4. The van der Waals surface area contributed by atoms with Crippen LogP contribution in [0, 0.1) is 0 Å². The van der Waals surface area contributed by atoms with E-state index in [1.54, 1.807) is 65.4 Å². The second kappa shape index (κ2) is 41.3. The zero-order chi connectivity index (χ0) is 71.0. The molecule has 2 aliphatic rings. The first kappa shape index (κ1) is 78.8. The minimum absolute atomic E-state index is 0.0361. The Labute approximate surface area is 570 Å². The molecule has 0 spiro atoms. The van der Waals surface area contributed by atoms with E-state index in [0.717, 1.165) is 4.90 Å². The fourth-order valence-electron chi connectivity index (χ4n) is 11.0. The van der Waals surface area contributed by atoms with Gasteiger partial charge in [-0.05, 0) is 112 Å². The van der Waals surface area contributed by atoms with Gasteiger partial charge in [0.15, 0.2) is 11.9 Å². The van der Waals surface area contributed by atoms with Crippen LogP contribution in [0.25, 0.3) is 0 Å². The quantitative estimate of drug-likeness (QED) is 0.0144. The number of benzene rings is 1. The number of aliphatic carboxylic acids is 1. The fraction of sp³-hybridized carbons (Fsp3) is 0.565. The number of rotatable bonds is 42. The van der Waals surface area contributed by atoms with Crippen LogP contribution in [-0.2, 0) is 72.0 Å². The summed E-state index contributed by atoms with van der Waals surface area (Å²) in [4.78, 5) is 165. The van der Waals surface area contributed by atoms with Crippen molar-refractivity contribution in [3.8, 4) is 0 Å². The Balaban J connectivity index is 1.27. The van der Waals surface area contributed by atoms with Crippen molar-refractivity contribution in [2.24, 2.45) is 50.1 Å². The summed E-state index contributed by atoms with van der Waals surface area (Å²) in [5.41, 5.74) is 39.9. The number of guanidine groups is 2. The maximum Gasteiger partial charge on any atom is 0.326 e. The van der Waals surface area contributed by atoms with Gasteiger partial charge in [0, 0.05) is 61.6 Å². The molecule has 5 rings (SSSR count). The molecule has 97 heavy (non-hydrogen) atoms. The molecule has 1 aromatic carbocycles. The van der Waals surface area contributed by atoms with E-state index in [4.69, 9.17) is 40.1 Å². The summed E-state index contributed by atoms with van der Waals surface area (Å²) in [6.45, 7) is -1.09. The van der Waals surface area contributed by atoms with Crippen LogP contribution >= 0.6 is 22.7 Å². The molecule has 11 atom stereocenters. The first-order chi connectivity index (χ1) is 46.4. The molecule has 0 saturated carbocycles. The molecule has 2 aliphatic heterocycles. The number of carbonyl (C=O) groups excluding carboxylic acids is 10. The van der Waals surface area contributed by atoms with E-state index in [0.29, 0.717) is 66.9 Å². The van der Waals surface area contributed by atoms with Gasteiger partial charge in [0.1, 0.15) is 54.4 Å². The van der Waals surface area contributed by atoms with Gasteiger partial charge < -0.3 is 108 Å². The fourth-order valence-corrected chi connectivity index (χ4v) is 12.5. The molecule has 4 heterocycles. The number of carboxylic acid groups (broad SMARTS) is 1. The van der Waals surface area contributed by atoms with Crippen LogP contribution < -0.4 is 82.7 Å². The van der Waals surface area contributed by atoms with E-state index in [1.165, 1.54) is 27.6 Å². The Morgan fingerprint density at radius 3 is 1.60 bits per heavy atom. The summed E-state index contributed by atoms with van der Waals surface area (Å²) < 4.78 is 0. The SMILES string of the molecule is NCCCC[C@H](NC(=O)[C@@H](N)CCCCN)C(=O)N[C@@H](CCCN=C(N)N)C(=O)N1CC(O)C[C@H]1C(=O)N1CCC[C@H]1C(=O)NCC(=O)N[C@@H](Cc1cccs1)C(=O)N[C@@H](CO)C(=O)N[C@H](Cc1ccccc1)C(=O)N[C@@H](Cc1cccs1)C(=O)N[C@@H](CCCN=C(N)N)C(=O)O. The number of thiophene rings is 2. The van der Waals surface area contributed by atoms with Crippen molar-refractivity contribution in [3.63, 3.8) is 0 Å². The number of β-amino-alcohol motifs (C(OH)–C–C–N with tert-alkyl or cyclic N) is 1. The van der Waals surface area contributed by atoms with Crippen molar-refractivity contribution < 1.29 is 68.1 Å². The smallest absolute Gasteiger partial charge is 0.326 e. The highest BCUT2D eigenvalue weighted by Crippen LogP contribution is 2.27. The Hall–Kier alpha value is -8.87. The molecule has 25 N–H and O–H groups in total. The highest BCUT2D eigenvalue weighted by Gasteiger charge is 2.46. The second-order valence-corrected chi connectivity index (χ2v) is 25.7. The van der Waals surface area contributed by atoms with E-state index in [2.05, 4.69) is 52.5 Å². The van der Waals surface area contributed by atoms with E-state index in [-0.39, 0.29) is 102 Å². The average molecular weight is 1390 g/mol. The van der Waals surface area contributed by atoms with E-state index < -0.39 is 145 Å². The summed E-state index contributed by atoms with van der Waals surface area (Å²) >= 11 is 2.53. The number of hydrogen-bond donors (Lipinski definition) is 18. The van der Waals surface area contributed by atoms with Gasteiger partial charge in [0.25, 0.3) is 0 Å². The summed E-state index contributed by atoms with van der Waals surface area (Å²) in [5, 5.41) is 55.8. The third-order valence-corrected chi connectivity index (χ3v) is 17.9. The van der Waals surface area contributed by atoms with Gasteiger partial charge in [-0.15, -0.1) is 22.7 Å². The van der Waals surface area contributed by atoms with Gasteiger partial charge in [-0.1, -0.05) is 48.9 Å². The van der Waals surface area contributed by atoms with Gasteiger partial charge >= 0.3 is 5.97 Å². The third kappa shape index (κ3) is 26.6. The molecule has 33 nitrogen and oxygen atoms in total. The van der Waals surface area contributed by atoms with Crippen molar-refractivity contribution in [1.82, 2.24) is 52.3 Å². The number of unbranched alkanes of at least 4 members (excludes halogenated alkanes) is 2. The lowest BCUT2D eigenvalue weighted by Gasteiger charge is -2.33. The van der Waals surface area contributed by atoms with E-state index >= 15 is 0 Å². The minimum Gasteiger partial charge on any atom is -0.480 e. The third-order valence-electron chi connectivity index (χ3n) is 16.1. The van der Waals surface area contributed by atoms with Crippen molar-refractivity contribution in [3.05, 3.63) is 80.7 Å². The van der Waals surface area contributed by atoms with E-state index in [1.807, 2.05) is 0 Å². The Morgan fingerprint density at radius 1 is 0.557 bits per heavy atom. The number of aliphatic hydroxyl groups excluding tert-OH is 2. The normalized spacial score (nSPS) is 17.5. The van der Waals surface area contributed by atoms with Crippen molar-refractivity contribution in [2.45, 2.75) is 169 Å². The molecular weight excluding hydrogens is 1300 g/mol. The first-order valence-electron chi connectivity index (χ1n) is 32.3. The summed E-state index contributed by atoms with van der Waals surface area (Å²) in [6.07, 6.45) is 1.64.